The van der Waals surface area contributed by atoms with Crippen LogP contribution in [0.25, 0.3) is 0 Å². The van der Waals surface area contributed by atoms with Crippen LogP contribution in [-0.2, 0) is 4.79 Å². The number of ether oxygens (including phenoxy) is 1. The van der Waals surface area contributed by atoms with Crippen LogP contribution in [0.3, 0.4) is 0 Å². The molecule has 0 atom stereocenters. The van der Waals surface area contributed by atoms with Crippen molar-refractivity contribution in [1.29, 1.82) is 0 Å². The van der Waals surface area contributed by atoms with Crippen molar-refractivity contribution >= 4 is 12.1 Å². The molecular weight excluding hydrogens is 238 g/mol. The topological polar surface area (TPSA) is 38.3 Å². The maximum atomic E-state index is 10.3. The lowest BCUT2D eigenvalue weighted by Crippen LogP contribution is -1.98. The fourth-order valence-corrected chi connectivity index (χ4v) is 1.96. The lowest BCUT2D eigenvalue weighted by atomic mass is 10.1. The molecular formula is C16H25NO2. The number of nitrogens with one attached hydrogen (secondary N) is 1. The van der Waals surface area contributed by atoms with Crippen LogP contribution in [0.2, 0.25) is 0 Å². The van der Waals surface area contributed by atoms with Gasteiger partial charge >= 0.3 is 0 Å². The van der Waals surface area contributed by atoms with Gasteiger partial charge in [0, 0.05) is 5.69 Å². The third-order valence-electron chi connectivity index (χ3n) is 3.10. The summed E-state index contributed by atoms with van der Waals surface area (Å²) in [5, 5.41) is 2.60. The van der Waals surface area contributed by atoms with Crippen LogP contribution in [0.1, 0.15) is 51.9 Å². The molecule has 0 aliphatic rings. The van der Waals surface area contributed by atoms with Crippen molar-refractivity contribution in [3.05, 3.63) is 24.3 Å². The second-order valence-corrected chi connectivity index (χ2v) is 4.76. The van der Waals surface area contributed by atoms with Crippen LogP contribution in [0.15, 0.2) is 24.3 Å². The first-order chi connectivity index (χ1) is 9.36. The Balaban J connectivity index is 2.04. The number of rotatable bonds is 11. The van der Waals surface area contributed by atoms with Gasteiger partial charge in [0.1, 0.15) is 5.75 Å². The molecule has 0 aliphatic carbocycles. The fraction of sp³-hybridized carbons (Fsp3) is 0.562. The van der Waals surface area contributed by atoms with Crippen molar-refractivity contribution in [3.8, 4) is 5.75 Å². The summed E-state index contributed by atoms with van der Waals surface area (Å²) in [6.45, 7) is 3.01. The number of benzene rings is 1. The third-order valence-corrected chi connectivity index (χ3v) is 3.10. The van der Waals surface area contributed by atoms with Gasteiger partial charge in [-0.25, -0.2) is 0 Å². The predicted molar refractivity (Wildman–Crippen MR) is 79.6 cm³/mol. The molecule has 0 radical (unpaired) electrons. The molecule has 0 aromatic heterocycles. The Kier molecular flexibility index (Phi) is 8.52. The summed E-state index contributed by atoms with van der Waals surface area (Å²) in [7, 11) is 0. The van der Waals surface area contributed by atoms with Gasteiger partial charge in [-0.15, -0.1) is 0 Å². The van der Waals surface area contributed by atoms with Gasteiger partial charge in [0.15, 0.2) is 0 Å². The molecule has 3 nitrogen and oxygen atoms in total. The highest BCUT2D eigenvalue weighted by atomic mass is 16.5. The van der Waals surface area contributed by atoms with E-state index >= 15 is 0 Å². The highest BCUT2D eigenvalue weighted by molar-refractivity contribution is 5.71. The second kappa shape index (κ2) is 10.4. The summed E-state index contributed by atoms with van der Waals surface area (Å²) in [5.74, 6) is 0.863. The van der Waals surface area contributed by atoms with Gasteiger partial charge in [-0.05, 0) is 30.7 Å². The quantitative estimate of drug-likeness (QED) is 0.475. The number of amides is 1. The van der Waals surface area contributed by atoms with Gasteiger partial charge in [-0.3, -0.25) is 4.79 Å². The van der Waals surface area contributed by atoms with Crippen LogP contribution in [0.4, 0.5) is 5.69 Å². The van der Waals surface area contributed by atoms with E-state index in [2.05, 4.69) is 12.2 Å². The van der Waals surface area contributed by atoms with Gasteiger partial charge in [0.05, 0.1) is 6.61 Å². The largest absolute Gasteiger partial charge is 0.494 e. The zero-order valence-electron chi connectivity index (χ0n) is 11.9. The molecule has 1 N–H and O–H groups in total. The zero-order valence-corrected chi connectivity index (χ0v) is 11.9. The van der Waals surface area contributed by atoms with E-state index in [4.69, 9.17) is 4.74 Å². The van der Waals surface area contributed by atoms with E-state index in [9.17, 15) is 4.79 Å². The summed E-state index contributed by atoms with van der Waals surface area (Å²) in [6.07, 6.45) is 9.72. The molecule has 3 heteroatoms. The Hall–Kier alpha value is -1.51. The van der Waals surface area contributed by atoms with E-state index in [0.29, 0.717) is 6.41 Å². The molecule has 0 bridgehead atoms. The van der Waals surface area contributed by atoms with Gasteiger partial charge in [-0.1, -0.05) is 45.4 Å². The monoisotopic (exact) mass is 263 g/mol. The lowest BCUT2D eigenvalue weighted by molar-refractivity contribution is -0.105. The average Bonchev–Trinajstić information content (AvgIpc) is 2.44. The summed E-state index contributed by atoms with van der Waals surface area (Å²) in [4.78, 5) is 10.3. The summed E-state index contributed by atoms with van der Waals surface area (Å²) < 4.78 is 5.65. The van der Waals surface area contributed by atoms with E-state index < -0.39 is 0 Å². The van der Waals surface area contributed by atoms with Crippen molar-refractivity contribution in [1.82, 2.24) is 0 Å². The van der Waals surface area contributed by atoms with Gasteiger partial charge < -0.3 is 10.1 Å². The number of carbonyl (C=O) groups excluding carboxylic acids is 1. The smallest absolute Gasteiger partial charge is 0.211 e. The van der Waals surface area contributed by atoms with Crippen LogP contribution >= 0.6 is 0 Å². The molecule has 106 valence electrons. The number of hydrogen-bond donors (Lipinski definition) is 1. The fourth-order valence-electron chi connectivity index (χ4n) is 1.96. The molecule has 1 aromatic carbocycles. The Labute approximate surface area is 116 Å². The maximum absolute atomic E-state index is 10.3. The van der Waals surface area contributed by atoms with Crippen LogP contribution in [-0.4, -0.2) is 13.0 Å². The zero-order chi connectivity index (χ0) is 13.8. The Morgan fingerprint density at radius 2 is 1.63 bits per heavy atom. The van der Waals surface area contributed by atoms with Gasteiger partial charge in [0.2, 0.25) is 6.41 Å². The average molecular weight is 263 g/mol. The number of hydrogen-bond acceptors (Lipinski definition) is 2. The Morgan fingerprint density at radius 1 is 1.00 bits per heavy atom. The summed E-state index contributed by atoms with van der Waals surface area (Å²) in [6, 6.07) is 7.45. The minimum Gasteiger partial charge on any atom is -0.494 e. The van der Waals surface area contributed by atoms with E-state index in [-0.39, 0.29) is 0 Å². The van der Waals surface area contributed by atoms with Crippen LogP contribution in [0.5, 0.6) is 5.75 Å². The number of unbranched alkanes of at least 4 members (excludes halogenated alkanes) is 6. The van der Waals surface area contributed by atoms with Gasteiger partial charge in [-0.2, -0.15) is 0 Å². The Bertz CT molecular complexity index is 335. The van der Waals surface area contributed by atoms with Crippen molar-refractivity contribution in [2.24, 2.45) is 0 Å². The van der Waals surface area contributed by atoms with Crippen molar-refractivity contribution in [2.75, 3.05) is 11.9 Å². The molecule has 0 heterocycles. The summed E-state index contributed by atoms with van der Waals surface area (Å²) >= 11 is 0. The molecule has 0 fully saturated rings. The van der Waals surface area contributed by atoms with E-state index in [1.54, 1.807) is 0 Å². The third kappa shape index (κ3) is 7.50. The normalized spacial score (nSPS) is 10.2. The molecule has 0 saturated heterocycles. The van der Waals surface area contributed by atoms with E-state index in [0.717, 1.165) is 24.5 Å². The Morgan fingerprint density at radius 3 is 2.26 bits per heavy atom. The molecule has 1 aromatic rings. The van der Waals surface area contributed by atoms with Crippen molar-refractivity contribution < 1.29 is 9.53 Å². The number of carbonyl (C=O) groups is 1. The molecule has 1 amide bonds. The van der Waals surface area contributed by atoms with Crippen molar-refractivity contribution in [2.45, 2.75) is 51.9 Å². The standard InChI is InChI=1S/C16H25NO2/c1-2-3-4-5-6-7-8-13-19-16-11-9-15(10-12-16)17-14-18/h9-12,14H,2-8,13H2,1H3,(H,17,18). The molecule has 0 saturated carbocycles. The SMILES string of the molecule is CCCCCCCCCOc1ccc(NC=O)cc1. The van der Waals surface area contributed by atoms with Gasteiger partial charge in [0.25, 0.3) is 0 Å². The van der Waals surface area contributed by atoms with E-state index in [1.807, 2.05) is 24.3 Å². The maximum Gasteiger partial charge on any atom is 0.211 e. The first-order valence-corrected chi connectivity index (χ1v) is 7.30. The lowest BCUT2D eigenvalue weighted by Gasteiger charge is -2.07. The first kappa shape index (κ1) is 15.5. The minimum absolute atomic E-state index is 0.675. The van der Waals surface area contributed by atoms with Crippen LogP contribution < -0.4 is 10.1 Å². The van der Waals surface area contributed by atoms with Crippen molar-refractivity contribution in [3.63, 3.8) is 0 Å². The molecule has 1 rings (SSSR count). The minimum atomic E-state index is 0.675. The van der Waals surface area contributed by atoms with E-state index in [1.165, 1.54) is 38.5 Å². The second-order valence-electron chi connectivity index (χ2n) is 4.76. The molecule has 0 spiro atoms. The van der Waals surface area contributed by atoms with Crippen LogP contribution in [0, 0.1) is 0 Å². The molecule has 0 aliphatic heterocycles. The highest BCUT2D eigenvalue weighted by Crippen LogP contribution is 2.15. The highest BCUT2D eigenvalue weighted by Gasteiger charge is 1.95. The predicted octanol–water partition coefficient (Wildman–Crippen LogP) is 4.38. The number of anilines is 1. The first-order valence-electron chi connectivity index (χ1n) is 7.30. The molecule has 19 heavy (non-hydrogen) atoms. The molecule has 0 unspecified atom stereocenters. The summed E-state index contributed by atoms with van der Waals surface area (Å²) in [5.41, 5.74) is 0.790.